The molecule has 140 valence electrons. The van der Waals surface area contributed by atoms with Crippen molar-refractivity contribution in [1.82, 2.24) is 0 Å². The first kappa shape index (κ1) is 16.9. The predicted octanol–water partition coefficient (Wildman–Crippen LogP) is 5.72. The van der Waals surface area contributed by atoms with E-state index >= 15 is 0 Å². The molecule has 0 radical (unpaired) electrons. The van der Waals surface area contributed by atoms with Gasteiger partial charge in [-0.3, -0.25) is 4.79 Å². The molecular weight excluding hydrogens is 332 g/mol. The molecule has 2 N–H and O–H groups in total. The molecule has 0 saturated heterocycles. The van der Waals surface area contributed by atoms with Crippen molar-refractivity contribution in [3.8, 4) is 0 Å². The zero-order valence-electron chi connectivity index (χ0n) is 15.9. The smallest absolute Gasteiger partial charge is 0.221 e. The van der Waals surface area contributed by atoms with E-state index < -0.39 is 0 Å². The van der Waals surface area contributed by atoms with Crippen LogP contribution in [-0.4, -0.2) is 5.91 Å². The number of fused-ring (bicyclic) bond motifs is 5. The maximum absolute atomic E-state index is 11.5. The van der Waals surface area contributed by atoms with Gasteiger partial charge in [0.15, 0.2) is 0 Å². The van der Waals surface area contributed by atoms with Gasteiger partial charge in [0, 0.05) is 18.3 Å². The number of hydrogen-bond acceptors (Lipinski definition) is 2. The summed E-state index contributed by atoms with van der Waals surface area (Å²) in [5, 5.41) is 6.87. The van der Waals surface area contributed by atoms with Crippen LogP contribution in [0.3, 0.4) is 0 Å². The standard InChI is InChI=1S/C24H28N2O/c1-15(27)25-18-11-13-22-21(14-18)20-12-10-16-8-5-9-19(16)23(20)24(26-22)17-6-3-2-4-7-17/h2-4,6-7,11,13-14,16,19-20,23-24,26H,5,8-10,12H2,1H3,(H,25,27). The van der Waals surface area contributed by atoms with Crippen molar-refractivity contribution in [2.75, 3.05) is 10.6 Å². The lowest BCUT2D eigenvalue weighted by molar-refractivity contribution is -0.114. The van der Waals surface area contributed by atoms with E-state index in [1.807, 2.05) is 6.07 Å². The Bertz CT molecular complexity index is 847. The van der Waals surface area contributed by atoms with E-state index in [4.69, 9.17) is 0 Å². The molecule has 2 aliphatic carbocycles. The third-order valence-corrected chi connectivity index (χ3v) is 7.15. The number of nitrogens with one attached hydrogen (secondary N) is 2. The van der Waals surface area contributed by atoms with E-state index in [-0.39, 0.29) is 5.91 Å². The van der Waals surface area contributed by atoms with Gasteiger partial charge in [-0.25, -0.2) is 0 Å². The maximum Gasteiger partial charge on any atom is 0.221 e. The largest absolute Gasteiger partial charge is 0.378 e. The summed E-state index contributed by atoms with van der Waals surface area (Å²) in [6, 6.07) is 17.8. The van der Waals surface area contributed by atoms with Gasteiger partial charge in [-0.1, -0.05) is 43.2 Å². The number of anilines is 2. The highest BCUT2D eigenvalue weighted by Gasteiger charge is 2.48. The van der Waals surface area contributed by atoms with Crippen LogP contribution in [0.1, 0.15) is 62.1 Å². The minimum absolute atomic E-state index is 0.00284. The third kappa shape index (κ3) is 2.93. The Morgan fingerprint density at radius 1 is 1.04 bits per heavy atom. The minimum atomic E-state index is -0.00284. The van der Waals surface area contributed by atoms with Gasteiger partial charge in [0.05, 0.1) is 6.04 Å². The fourth-order valence-electron chi connectivity index (χ4n) is 6.17. The van der Waals surface area contributed by atoms with Crippen molar-refractivity contribution < 1.29 is 4.79 Å². The van der Waals surface area contributed by atoms with E-state index in [2.05, 4.69) is 53.1 Å². The molecule has 2 fully saturated rings. The predicted molar refractivity (Wildman–Crippen MR) is 110 cm³/mol. The van der Waals surface area contributed by atoms with E-state index in [0.29, 0.717) is 17.9 Å². The minimum Gasteiger partial charge on any atom is -0.378 e. The van der Waals surface area contributed by atoms with Gasteiger partial charge in [-0.05, 0) is 72.3 Å². The van der Waals surface area contributed by atoms with E-state index in [9.17, 15) is 4.79 Å². The number of rotatable bonds is 2. The van der Waals surface area contributed by atoms with Crippen LogP contribution < -0.4 is 10.6 Å². The van der Waals surface area contributed by atoms with Gasteiger partial charge < -0.3 is 10.6 Å². The van der Waals surface area contributed by atoms with Crippen LogP contribution in [0.25, 0.3) is 0 Å². The lowest BCUT2D eigenvalue weighted by atomic mass is 9.60. The van der Waals surface area contributed by atoms with Crippen molar-refractivity contribution in [3.05, 3.63) is 59.7 Å². The average Bonchev–Trinajstić information content (AvgIpc) is 3.16. The van der Waals surface area contributed by atoms with Crippen LogP contribution in [-0.2, 0) is 4.79 Å². The second-order valence-electron chi connectivity index (χ2n) is 8.63. The number of benzene rings is 2. The first-order valence-corrected chi connectivity index (χ1v) is 10.4. The highest BCUT2D eigenvalue weighted by atomic mass is 16.1. The van der Waals surface area contributed by atoms with Gasteiger partial charge in [-0.2, -0.15) is 0 Å². The molecule has 0 aromatic heterocycles. The van der Waals surface area contributed by atoms with Crippen molar-refractivity contribution in [2.45, 2.75) is 51.0 Å². The van der Waals surface area contributed by atoms with Gasteiger partial charge >= 0.3 is 0 Å². The second kappa shape index (κ2) is 6.70. The Morgan fingerprint density at radius 3 is 2.70 bits per heavy atom. The monoisotopic (exact) mass is 360 g/mol. The quantitative estimate of drug-likeness (QED) is 0.719. The molecule has 1 heterocycles. The summed E-state index contributed by atoms with van der Waals surface area (Å²) < 4.78 is 0. The number of carbonyl (C=O) groups is 1. The molecule has 5 rings (SSSR count). The normalized spacial score (nSPS) is 31.2. The molecule has 5 unspecified atom stereocenters. The maximum atomic E-state index is 11.5. The Labute approximate surface area is 161 Å². The molecule has 2 saturated carbocycles. The Hall–Kier alpha value is -2.29. The van der Waals surface area contributed by atoms with Gasteiger partial charge in [0.1, 0.15) is 0 Å². The second-order valence-corrected chi connectivity index (χ2v) is 8.63. The summed E-state index contributed by atoms with van der Waals surface area (Å²) in [4.78, 5) is 11.5. The summed E-state index contributed by atoms with van der Waals surface area (Å²) in [5.74, 6) is 2.95. The molecule has 3 nitrogen and oxygen atoms in total. The van der Waals surface area contributed by atoms with Gasteiger partial charge in [-0.15, -0.1) is 0 Å². The van der Waals surface area contributed by atoms with Crippen LogP contribution in [0.5, 0.6) is 0 Å². The van der Waals surface area contributed by atoms with Crippen molar-refractivity contribution >= 4 is 17.3 Å². The van der Waals surface area contributed by atoms with E-state index in [1.165, 1.54) is 48.9 Å². The average molecular weight is 361 g/mol. The Morgan fingerprint density at radius 2 is 1.89 bits per heavy atom. The summed E-state index contributed by atoms with van der Waals surface area (Å²) in [7, 11) is 0. The van der Waals surface area contributed by atoms with E-state index in [1.54, 1.807) is 6.92 Å². The van der Waals surface area contributed by atoms with Crippen LogP contribution in [0.2, 0.25) is 0 Å². The lowest BCUT2D eigenvalue weighted by Crippen LogP contribution is -2.41. The lowest BCUT2D eigenvalue weighted by Gasteiger charge is -2.49. The Kier molecular flexibility index (Phi) is 4.18. The molecule has 0 bridgehead atoms. The number of amides is 1. The topological polar surface area (TPSA) is 41.1 Å². The zero-order chi connectivity index (χ0) is 18.4. The molecule has 5 atom stereocenters. The van der Waals surface area contributed by atoms with Crippen LogP contribution in [0.15, 0.2) is 48.5 Å². The SMILES string of the molecule is CC(=O)Nc1ccc2c(c1)C1CCC3CCCC3C1C(c1ccccc1)N2. The van der Waals surface area contributed by atoms with Gasteiger partial charge in [0.2, 0.25) is 5.91 Å². The molecule has 3 heteroatoms. The van der Waals surface area contributed by atoms with Crippen LogP contribution >= 0.6 is 0 Å². The first-order valence-electron chi connectivity index (χ1n) is 10.4. The fourth-order valence-corrected chi connectivity index (χ4v) is 6.17. The van der Waals surface area contributed by atoms with Gasteiger partial charge in [0.25, 0.3) is 0 Å². The molecule has 2 aromatic carbocycles. The molecule has 27 heavy (non-hydrogen) atoms. The van der Waals surface area contributed by atoms with Crippen molar-refractivity contribution in [1.29, 1.82) is 0 Å². The Balaban J connectivity index is 1.58. The zero-order valence-corrected chi connectivity index (χ0v) is 15.9. The third-order valence-electron chi connectivity index (χ3n) is 7.15. The van der Waals surface area contributed by atoms with Crippen molar-refractivity contribution in [2.24, 2.45) is 17.8 Å². The molecular formula is C24H28N2O. The summed E-state index contributed by atoms with van der Waals surface area (Å²) in [6.45, 7) is 1.58. The van der Waals surface area contributed by atoms with Crippen LogP contribution in [0.4, 0.5) is 11.4 Å². The highest BCUT2D eigenvalue weighted by molar-refractivity contribution is 5.89. The van der Waals surface area contributed by atoms with Crippen molar-refractivity contribution in [3.63, 3.8) is 0 Å². The molecule has 1 amide bonds. The summed E-state index contributed by atoms with van der Waals surface area (Å²) >= 11 is 0. The van der Waals surface area contributed by atoms with Crippen LogP contribution in [0, 0.1) is 17.8 Å². The molecule has 2 aromatic rings. The summed E-state index contributed by atoms with van der Waals surface area (Å²) in [6.07, 6.45) is 6.80. The van der Waals surface area contributed by atoms with E-state index in [0.717, 1.165) is 17.5 Å². The summed E-state index contributed by atoms with van der Waals surface area (Å²) in [5.41, 5.74) is 4.99. The first-order chi connectivity index (χ1) is 13.2. The number of carbonyl (C=O) groups excluding carboxylic acids is 1. The fraction of sp³-hybridized carbons (Fsp3) is 0.458. The molecule has 3 aliphatic rings. The molecule has 1 aliphatic heterocycles. The molecule has 0 spiro atoms. The highest BCUT2D eigenvalue weighted by Crippen LogP contribution is 2.59. The number of hydrogen-bond donors (Lipinski definition) is 2.